The molecular weight excluding hydrogens is 230 g/mol. The number of methoxy groups -OCH3 is 1. The first-order valence-electron chi connectivity index (χ1n) is 6.48. The van der Waals surface area contributed by atoms with Crippen molar-refractivity contribution in [3.63, 3.8) is 0 Å². The molecule has 0 N–H and O–H groups in total. The Morgan fingerprint density at radius 3 is 2.33 bits per heavy atom. The van der Waals surface area contributed by atoms with Crippen LogP contribution in [-0.2, 0) is 14.3 Å². The number of esters is 1. The quantitative estimate of drug-likeness (QED) is 0.524. The lowest BCUT2D eigenvalue weighted by Gasteiger charge is -2.39. The van der Waals surface area contributed by atoms with E-state index >= 15 is 0 Å². The van der Waals surface area contributed by atoms with E-state index in [0.717, 1.165) is 0 Å². The first kappa shape index (κ1) is 13.5. The molecule has 0 aliphatic carbocycles. The van der Waals surface area contributed by atoms with Gasteiger partial charge in [0.25, 0.3) is 0 Å². The minimum Gasteiger partial charge on any atom is -0.468 e. The number of fused-ring (bicyclic) bond motifs is 2. The van der Waals surface area contributed by atoms with Crippen molar-refractivity contribution in [3.05, 3.63) is 0 Å². The van der Waals surface area contributed by atoms with E-state index in [9.17, 15) is 9.59 Å². The van der Waals surface area contributed by atoms with Crippen LogP contribution in [0, 0.1) is 16.7 Å². The van der Waals surface area contributed by atoms with Crippen LogP contribution in [0.4, 0.5) is 0 Å². The van der Waals surface area contributed by atoms with Crippen LogP contribution in [0.25, 0.3) is 0 Å². The van der Waals surface area contributed by atoms with Gasteiger partial charge in [0.05, 0.1) is 7.11 Å². The first-order valence-corrected chi connectivity index (χ1v) is 6.48. The van der Waals surface area contributed by atoms with Crippen molar-refractivity contribution in [3.8, 4) is 0 Å². The summed E-state index contributed by atoms with van der Waals surface area (Å²) in [7, 11) is 3.38. The third-order valence-corrected chi connectivity index (χ3v) is 5.68. The average molecular weight is 253 g/mol. The van der Waals surface area contributed by atoms with Gasteiger partial charge in [0.2, 0.25) is 0 Å². The van der Waals surface area contributed by atoms with Crippen LogP contribution in [0.1, 0.15) is 34.1 Å². The summed E-state index contributed by atoms with van der Waals surface area (Å²) in [5, 5.41) is 0. The molecule has 0 amide bonds. The van der Waals surface area contributed by atoms with Crippen LogP contribution < -0.4 is 0 Å². The van der Waals surface area contributed by atoms with Crippen molar-refractivity contribution in [1.82, 2.24) is 4.90 Å². The Labute approximate surface area is 109 Å². The van der Waals surface area contributed by atoms with Gasteiger partial charge >= 0.3 is 5.97 Å². The van der Waals surface area contributed by atoms with Crippen molar-refractivity contribution in [2.75, 3.05) is 14.2 Å². The second-order valence-corrected chi connectivity index (χ2v) is 6.74. The normalized spacial score (nSPS) is 37.7. The van der Waals surface area contributed by atoms with Gasteiger partial charge in [-0.25, -0.2) is 0 Å². The van der Waals surface area contributed by atoms with Crippen molar-refractivity contribution < 1.29 is 14.3 Å². The van der Waals surface area contributed by atoms with Gasteiger partial charge in [-0.1, -0.05) is 27.7 Å². The maximum absolute atomic E-state index is 12.2. The number of Topliss-reactive ketones (excluding diaryl/α,β-unsaturated/α-hetero) is 1. The summed E-state index contributed by atoms with van der Waals surface area (Å²) in [6.07, 6.45) is 0.448. The fourth-order valence-electron chi connectivity index (χ4n) is 3.95. The van der Waals surface area contributed by atoms with Crippen LogP contribution >= 0.6 is 0 Å². The van der Waals surface area contributed by atoms with Gasteiger partial charge in [-0.3, -0.25) is 14.5 Å². The maximum atomic E-state index is 12.2. The molecule has 0 aromatic rings. The van der Waals surface area contributed by atoms with Crippen LogP contribution in [0.15, 0.2) is 0 Å². The third kappa shape index (κ3) is 1.41. The SMILES string of the molecule is COC(=O)[C@@H]1C(=O)C[C@@H]2N(C)[C@@H]1C(C)(C)C2(C)C. The lowest BCUT2D eigenvalue weighted by molar-refractivity contribution is -0.155. The third-order valence-electron chi connectivity index (χ3n) is 5.68. The molecule has 0 saturated carbocycles. The molecule has 2 aliphatic heterocycles. The summed E-state index contributed by atoms with van der Waals surface area (Å²) in [6, 6.07) is 0.150. The number of piperidine rings is 1. The molecule has 2 fully saturated rings. The van der Waals surface area contributed by atoms with Gasteiger partial charge < -0.3 is 4.74 Å². The Bertz CT molecular complexity index is 400. The molecule has 2 heterocycles. The molecule has 2 saturated heterocycles. The Morgan fingerprint density at radius 1 is 1.28 bits per heavy atom. The largest absolute Gasteiger partial charge is 0.468 e. The predicted octanol–water partition coefficient (Wildman–Crippen LogP) is 1.48. The Kier molecular flexibility index (Phi) is 2.85. The van der Waals surface area contributed by atoms with Crippen LogP contribution in [-0.4, -0.2) is 42.9 Å². The summed E-state index contributed by atoms with van der Waals surface area (Å²) >= 11 is 0. The predicted molar refractivity (Wildman–Crippen MR) is 68.0 cm³/mol. The maximum Gasteiger partial charge on any atom is 0.317 e. The number of carbonyl (C=O) groups is 2. The van der Waals surface area contributed by atoms with Crippen molar-refractivity contribution in [2.24, 2.45) is 16.7 Å². The number of carbonyl (C=O) groups excluding carboxylic acids is 2. The first-order chi connectivity index (χ1) is 8.16. The van der Waals surface area contributed by atoms with Crippen LogP contribution in [0.5, 0.6) is 0 Å². The van der Waals surface area contributed by atoms with Gasteiger partial charge in [0.15, 0.2) is 0 Å². The molecule has 0 radical (unpaired) electrons. The average Bonchev–Trinajstić information content (AvgIpc) is 2.36. The molecule has 4 nitrogen and oxygen atoms in total. The second-order valence-electron chi connectivity index (χ2n) is 6.74. The monoisotopic (exact) mass is 253 g/mol. The summed E-state index contributed by atoms with van der Waals surface area (Å²) in [4.78, 5) is 26.4. The van der Waals surface area contributed by atoms with E-state index in [-0.39, 0.29) is 34.7 Å². The Hall–Kier alpha value is -0.900. The van der Waals surface area contributed by atoms with Gasteiger partial charge in [0, 0.05) is 18.5 Å². The highest BCUT2D eigenvalue weighted by Gasteiger charge is 2.65. The molecule has 0 aromatic heterocycles. The molecule has 4 heteroatoms. The fraction of sp³-hybridized carbons (Fsp3) is 0.857. The van der Waals surface area contributed by atoms with Crippen molar-refractivity contribution in [1.29, 1.82) is 0 Å². The summed E-state index contributed by atoms with van der Waals surface area (Å²) in [5.74, 6) is -0.984. The topological polar surface area (TPSA) is 46.6 Å². The van der Waals surface area contributed by atoms with Gasteiger partial charge in [-0.15, -0.1) is 0 Å². The fourth-order valence-corrected chi connectivity index (χ4v) is 3.95. The molecule has 102 valence electrons. The van der Waals surface area contributed by atoms with E-state index in [1.54, 1.807) is 0 Å². The highest BCUT2D eigenvalue weighted by Crippen LogP contribution is 2.58. The standard InChI is InChI=1S/C14H23NO3/c1-13(2)9-7-8(16)10(12(17)18-6)11(15(9)5)14(13,3)4/h9-11H,7H2,1-6H3/t9-,10+,11-/m0/s1. The number of rotatable bonds is 1. The zero-order valence-corrected chi connectivity index (χ0v) is 12.1. The lowest BCUT2D eigenvalue weighted by atomic mass is 9.64. The molecular formula is C14H23NO3. The number of ether oxygens (including phenoxy) is 1. The van der Waals surface area contributed by atoms with Crippen LogP contribution in [0.2, 0.25) is 0 Å². The van der Waals surface area contributed by atoms with Gasteiger partial charge in [0.1, 0.15) is 11.7 Å². The van der Waals surface area contributed by atoms with Crippen LogP contribution in [0.3, 0.4) is 0 Å². The molecule has 18 heavy (non-hydrogen) atoms. The smallest absolute Gasteiger partial charge is 0.317 e. The van der Waals surface area contributed by atoms with Crippen molar-refractivity contribution >= 4 is 11.8 Å². The minimum atomic E-state index is -0.631. The molecule has 2 bridgehead atoms. The molecule has 0 unspecified atom stereocenters. The number of hydrogen-bond donors (Lipinski definition) is 0. The van der Waals surface area contributed by atoms with E-state index in [1.165, 1.54) is 7.11 Å². The van der Waals surface area contributed by atoms with E-state index in [2.05, 4.69) is 32.6 Å². The van der Waals surface area contributed by atoms with Gasteiger partial charge in [-0.05, 0) is 17.9 Å². The zero-order chi connectivity index (χ0) is 13.9. The molecule has 0 aromatic carbocycles. The second kappa shape index (κ2) is 3.80. The van der Waals surface area contributed by atoms with Crippen molar-refractivity contribution in [2.45, 2.75) is 46.2 Å². The van der Waals surface area contributed by atoms with E-state index in [4.69, 9.17) is 4.74 Å². The number of ketones is 1. The number of hydrogen-bond acceptors (Lipinski definition) is 4. The summed E-state index contributed by atoms with van der Waals surface area (Å²) in [6.45, 7) is 8.70. The zero-order valence-electron chi connectivity index (χ0n) is 12.1. The summed E-state index contributed by atoms with van der Waals surface area (Å²) < 4.78 is 4.83. The van der Waals surface area contributed by atoms with E-state index in [1.807, 2.05) is 7.05 Å². The number of nitrogens with zero attached hydrogens (tertiary/aromatic N) is 1. The molecule has 2 rings (SSSR count). The highest BCUT2D eigenvalue weighted by molar-refractivity contribution is 6.01. The molecule has 0 spiro atoms. The summed E-state index contributed by atoms with van der Waals surface area (Å²) in [5.41, 5.74) is -0.0950. The lowest BCUT2D eigenvalue weighted by Crippen LogP contribution is -2.53. The Balaban J connectivity index is 2.51. The minimum absolute atomic E-state index is 0.00481. The van der Waals surface area contributed by atoms with Gasteiger partial charge in [-0.2, -0.15) is 0 Å². The molecule has 2 aliphatic rings. The molecule has 3 atom stereocenters. The Morgan fingerprint density at radius 2 is 1.83 bits per heavy atom. The highest BCUT2D eigenvalue weighted by atomic mass is 16.5. The van der Waals surface area contributed by atoms with E-state index < -0.39 is 5.92 Å². The van der Waals surface area contributed by atoms with E-state index in [0.29, 0.717) is 6.42 Å².